The highest BCUT2D eigenvalue weighted by Gasteiger charge is 2.21. The number of amides is 1. The average molecular weight is 253 g/mol. The molecule has 0 bridgehead atoms. The van der Waals surface area contributed by atoms with E-state index in [2.05, 4.69) is 11.8 Å². The Bertz CT molecular complexity index is 400. The van der Waals surface area contributed by atoms with Crippen LogP contribution in [0, 0.1) is 0 Å². The Morgan fingerprint density at radius 3 is 2.59 bits per heavy atom. The Kier molecular flexibility index (Phi) is 4.02. The average Bonchev–Trinajstić information content (AvgIpc) is 2.38. The lowest BCUT2D eigenvalue weighted by atomic mass is 10.2. The molecule has 0 unspecified atom stereocenters. The summed E-state index contributed by atoms with van der Waals surface area (Å²) in [6, 6.07) is 7.15. The van der Waals surface area contributed by atoms with Crippen molar-refractivity contribution < 1.29 is 4.79 Å². The van der Waals surface area contributed by atoms with Crippen LogP contribution < -0.4 is 0 Å². The first-order valence-corrected chi connectivity index (χ1v) is 6.35. The van der Waals surface area contributed by atoms with Gasteiger partial charge >= 0.3 is 0 Å². The van der Waals surface area contributed by atoms with Crippen LogP contribution in [0.5, 0.6) is 0 Å². The fourth-order valence-electron chi connectivity index (χ4n) is 2.07. The van der Waals surface area contributed by atoms with Crippen LogP contribution in [0.2, 0.25) is 5.02 Å². The molecule has 2 rings (SSSR count). The lowest BCUT2D eigenvalue weighted by Gasteiger charge is -2.34. The first kappa shape index (κ1) is 12.4. The maximum atomic E-state index is 12.2. The third-order valence-corrected chi connectivity index (χ3v) is 3.41. The number of hydrogen-bond donors (Lipinski definition) is 0. The van der Waals surface area contributed by atoms with Crippen LogP contribution in [0.1, 0.15) is 17.3 Å². The van der Waals surface area contributed by atoms with Crippen LogP contribution in [0.15, 0.2) is 24.3 Å². The largest absolute Gasteiger partial charge is 0.336 e. The highest BCUT2D eigenvalue weighted by Crippen LogP contribution is 2.14. The number of nitrogens with zero attached hydrogens (tertiary/aromatic N) is 2. The normalized spacial score (nSPS) is 17.2. The Morgan fingerprint density at radius 2 is 2.00 bits per heavy atom. The molecule has 1 amide bonds. The number of hydrogen-bond acceptors (Lipinski definition) is 2. The molecule has 92 valence electrons. The lowest BCUT2D eigenvalue weighted by Crippen LogP contribution is -2.48. The number of carbonyl (C=O) groups excluding carboxylic acids is 1. The molecule has 1 aromatic rings. The van der Waals surface area contributed by atoms with Gasteiger partial charge in [-0.05, 0) is 24.7 Å². The molecular weight excluding hydrogens is 236 g/mol. The van der Waals surface area contributed by atoms with Crippen molar-refractivity contribution in [2.45, 2.75) is 6.92 Å². The summed E-state index contributed by atoms with van der Waals surface area (Å²) in [5, 5.41) is 0.614. The monoisotopic (exact) mass is 252 g/mol. The molecule has 1 saturated heterocycles. The summed E-state index contributed by atoms with van der Waals surface area (Å²) < 4.78 is 0. The van der Waals surface area contributed by atoms with Gasteiger partial charge in [0.25, 0.3) is 5.91 Å². The smallest absolute Gasteiger partial charge is 0.253 e. The van der Waals surface area contributed by atoms with E-state index in [1.54, 1.807) is 12.1 Å². The van der Waals surface area contributed by atoms with Crippen molar-refractivity contribution in [1.82, 2.24) is 9.80 Å². The maximum absolute atomic E-state index is 12.2. The molecule has 0 atom stereocenters. The van der Waals surface area contributed by atoms with E-state index >= 15 is 0 Å². The highest BCUT2D eigenvalue weighted by atomic mass is 35.5. The van der Waals surface area contributed by atoms with E-state index in [4.69, 9.17) is 11.6 Å². The number of carbonyl (C=O) groups is 1. The molecule has 1 aromatic carbocycles. The van der Waals surface area contributed by atoms with E-state index in [0.717, 1.165) is 32.7 Å². The molecule has 3 nitrogen and oxygen atoms in total. The second kappa shape index (κ2) is 5.52. The molecule has 1 aliphatic rings. The van der Waals surface area contributed by atoms with Crippen molar-refractivity contribution in [2.24, 2.45) is 0 Å². The van der Waals surface area contributed by atoms with Gasteiger partial charge < -0.3 is 9.80 Å². The number of piperazine rings is 1. The van der Waals surface area contributed by atoms with Crippen molar-refractivity contribution in [1.29, 1.82) is 0 Å². The van der Waals surface area contributed by atoms with Crippen molar-refractivity contribution in [3.05, 3.63) is 34.9 Å². The predicted molar refractivity (Wildman–Crippen MR) is 69.5 cm³/mol. The Balaban J connectivity index is 2.02. The second-order valence-electron chi connectivity index (χ2n) is 4.24. The molecule has 0 spiro atoms. The van der Waals surface area contributed by atoms with Gasteiger partial charge in [-0.15, -0.1) is 0 Å². The SMILES string of the molecule is CCN1CCN(C(=O)c2cccc(Cl)c2)CC1. The van der Waals surface area contributed by atoms with Gasteiger partial charge in [0.2, 0.25) is 0 Å². The third kappa shape index (κ3) is 2.99. The molecule has 0 aromatic heterocycles. The van der Waals surface area contributed by atoms with Gasteiger partial charge in [-0.25, -0.2) is 0 Å². The minimum atomic E-state index is 0.0863. The molecule has 17 heavy (non-hydrogen) atoms. The summed E-state index contributed by atoms with van der Waals surface area (Å²) in [4.78, 5) is 16.4. The summed E-state index contributed by atoms with van der Waals surface area (Å²) in [6.45, 7) is 6.73. The fourth-order valence-corrected chi connectivity index (χ4v) is 2.26. The minimum Gasteiger partial charge on any atom is -0.336 e. The quantitative estimate of drug-likeness (QED) is 0.805. The van der Waals surface area contributed by atoms with Gasteiger partial charge in [0.05, 0.1) is 0 Å². The van der Waals surface area contributed by atoms with E-state index in [1.807, 2.05) is 17.0 Å². The summed E-state index contributed by atoms with van der Waals surface area (Å²) in [5.74, 6) is 0.0863. The number of benzene rings is 1. The van der Waals surface area contributed by atoms with Gasteiger partial charge in [-0.1, -0.05) is 24.6 Å². The molecule has 1 heterocycles. The van der Waals surface area contributed by atoms with Crippen LogP contribution >= 0.6 is 11.6 Å². The van der Waals surface area contributed by atoms with Crippen molar-refractivity contribution in [3.63, 3.8) is 0 Å². The number of halogens is 1. The van der Waals surface area contributed by atoms with Gasteiger partial charge in [-0.2, -0.15) is 0 Å². The van der Waals surface area contributed by atoms with Gasteiger partial charge in [-0.3, -0.25) is 4.79 Å². The molecule has 1 aliphatic heterocycles. The molecular formula is C13H17ClN2O. The summed E-state index contributed by atoms with van der Waals surface area (Å²) in [6.07, 6.45) is 0. The zero-order valence-corrected chi connectivity index (χ0v) is 10.8. The standard InChI is InChI=1S/C13H17ClN2O/c1-2-15-6-8-16(9-7-15)13(17)11-4-3-5-12(14)10-11/h3-5,10H,2,6-9H2,1H3. The van der Waals surface area contributed by atoms with Crippen LogP contribution in [0.3, 0.4) is 0 Å². The number of rotatable bonds is 2. The number of likely N-dealkylation sites (N-methyl/N-ethyl adjacent to an activating group) is 1. The predicted octanol–water partition coefficient (Wildman–Crippen LogP) is 2.12. The van der Waals surface area contributed by atoms with Gasteiger partial charge in [0.15, 0.2) is 0 Å². The van der Waals surface area contributed by atoms with Crippen molar-refractivity contribution in [3.8, 4) is 0 Å². The van der Waals surface area contributed by atoms with Crippen LogP contribution in [0.25, 0.3) is 0 Å². The highest BCUT2D eigenvalue weighted by molar-refractivity contribution is 6.30. The molecule has 0 saturated carbocycles. The van der Waals surface area contributed by atoms with E-state index < -0.39 is 0 Å². The molecule has 1 fully saturated rings. The topological polar surface area (TPSA) is 23.6 Å². The third-order valence-electron chi connectivity index (χ3n) is 3.18. The maximum Gasteiger partial charge on any atom is 0.253 e. The Hall–Kier alpha value is -1.06. The first-order valence-electron chi connectivity index (χ1n) is 5.98. The molecule has 0 N–H and O–H groups in total. The first-order chi connectivity index (χ1) is 8.20. The molecule has 0 aliphatic carbocycles. The minimum absolute atomic E-state index is 0.0863. The van der Waals surface area contributed by atoms with Crippen LogP contribution in [-0.4, -0.2) is 48.4 Å². The summed E-state index contributed by atoms with van der Waals surface area (Å²) >= 11 is 5.89. The van der Waals surface area contributed by atoms with Crippen LogP contribution in [-0.2, 0) is 0 Å². The Labute approximate surface area is 107 Å². The second-order valence-corrected chi connectivity index (χ2v) is 4.67. The molecule has 0 radical (unpaired) electrons. The van der Waals surface area contributed by atoms with E-state index in [9.17, 15) is 4.79 Å². The van der Waals surface area contributed by atoms with Crippen molar-refractivity contribution >= 4 is 17.5 Å². The van der Waals surface area contributed by atoms with Gasteiger partial charge in [0.1, 0.15) is 0 Å². The van der Waals surface area contributed by atoms with E-state index in [1.165, 1.54) is 0 Å². The van der Waals surface area contributed by atoms with E-state index in [0.29, 0.717) is 10.6 Å². The summed E-state index contributed by atoms with van der Waals surface area (Å²) in [5.41, 5.74) is 0.683. The van der Waals surface area contributed by atoms with Crippen LogP contribution in [0.4, 0.5) is 0 Å². The van der Waals surface area contributed by atoms with Gasteiger partial charge in [0, 0.05) is 36.8 Å². The zero-order chi connectivity index (χ0) is 12.3. The lowest BCUT2D eigenvalue weighted by molar-refractivity contribution is 0.0643. The molecule has 4 heteroatoms. The fraction of sp³-hybridized carbons (Fsp3) is 0.462. The summed E-state index contributed by atoms with van der Waals surface area (Å²) in [7, 11) is 0. The zero-order valence-electron chi connectivity index (χ0n) is 10.0. The van der Waals surface area contributed by atoms with Crippen molar-refractivity contribution in [2.75, 3.05) is 32.7 Å². The van der Waals surface area contributed by atoms with E-state index in [-0.39, 0.29) is 5.91 Å². The Morgan fingerprint density at radius 1 is 1.29 bits per heavy atom.